The van der Waals surface area contributed by atoms with Crippen molar-refractivity contribution in [2.75, 3.05) is 5.32 Å². The maximum atomic E-state index is 13.1. The molecule has 4 rings (SSSR count). The topological polar surface area (TPSA) is 86.7 Å². The number of hydrogen-bond donors (Lipinski definition) is 2. The smallest absolute Gasteiger partial charge is 0.326 e. The number of nitrogens with zero attached hydrogens (tertiary/aromatic N) is 1. The van der Waals surface area contributed by atoms with Crippen molar-refractivity contribution in [2.24, 2.45) is 5.92 Å². The Hall–Kier alpha value is -2.37. The summed E-state index contributed by atoms with van der Waals surface area (Å²) in [4.78, 5) is 38.0. The highest BCUT2D eigenvalue weighted by Gasteiger charge is 2.47. The van der Waals surface area contributed by atoms with Crippen LogP contribution in [0.2, 0.25) is 0 Å². The Morgan fingerprint density at radius 2 is 1.96 bits per heavy atom. The summed E-state index contributed by atoms with van der Waals surface area (Å²) in [7, 11) is 0. The van der Waals surface area contributed by atoms with Crippen molar-refractivity contribution in [3.8, 4) is 0 Å². The van der Waals surface area contributed by atoms with Crippen molar-refractivity contribution < 1.29 is 19.5 Å². The molecule has 1 aromatic carbocycles. The number of fused-ring (bicyclic) bond motifs is 2. The Morgan fingerprint density at radius 3 is 2.76 bits per heavy atom. The predicted molar refractivity (Wildman–Crippen MR) is 91.3 cm³/mol. The first kappa shape index (κ1) is 16.1. The molecule has 2 amide bonds. The first-order valence-electron chi connectivity index (χ1n) is 9.03. The normalized spacial score (nSPS) is 28.1. The van der Waals surface area contributed by atoms with Gasteiger partial charge in [-0.15, -0.1) is 0 Å². The minimum Gasteiger partial charge on any atom is -0.480 e. The molecular formula is C19H22N2O4. The molecule has 6 nitrogen and oxygen atoms in total. The van der Waals surface area contributed by atoms with E-state index < -0.39 is 12.0 Å². The molecule has 0 spiro atoms. The second kappa shape index (κ2) is 6.17. The van der Waals surface area contributed by atoms with Crippen LogP contribution in [0.15, 0.2) is 18.2 Å². The summed E-state index contributed by atoms with van der Waals surface area (Å²) >= 11 is 0. The number of rotatable bonds is 2. The number of carbonyl (C=O) groups is 3. The average molecular weight is 342 g/mol. The van der Waals surface area contributed by atoms with E-state index in [9.17, 15) is 19.5 Å². The first-order chi connectivity index (χ1) is 12.0. The number of likely N-dealkylation sites (tertiary alicyclic amines) is 1. The molecule has 25 heavy (non-hydrogen) atoms. The molecule has 1 aromatic rings. The summed E-state index contributed by atoms with van der Waals surface area (Å²) < 4.78 is 0. The molecule has 6 heteroatoms. The largest absolute Gasteiger partial charge is 0.480 e. The average Bonchev–Trinajstić information content (AvgIpc) is 3.00. The van der Waals surface area contributed by atoms with Gasteiger partial charge in [0, 0.05) is 23.7 Å². The van der Waals surface area contributed by atoms with Crippen LogP contribution in [0.5, 0.6) is 0 Å². The zero-order valence-corrected chi connectivity index (χ0v) is 14.0. The van der Waals surface area contributed by atoms with E-state index in [0.29, 0.717) is 30.7 Å². The standard InChI is InChI=1S/C19H22N2O4/c22-17-8-6-11-9-13(5-7-14(11)20-17)18(23)21-15-4-2-1-3-12(15)10-16(21)19(24)25/h5,7,9,12,15-16H,1-4,6,8,10H2,(H,20,22)(H,24,25). The van der Waals surface area contributed by atoms with Gasteiger partial charge in [-0.3, -0.25) is 9.59 Å². The van der Waals surface area contributed by atoms with Crippen molar-refractivity contribution in [3.05, 3.63) is 29.3 Å². The third kappa shape index (κ3) is 2.79. The summed E-state index contributed by atoms with van der Waals surface area (Å²) in [6, 6.07) is 4.58. The van der Waals surface area contributed by atoms with Crippen molar-refractivity contribution in [2.45, 2.75) is 57.0 Å². The molecule has 3 aliphatic rings. The van der Waals surface area contributed by atoms with Gasteiger partial charge in [0.2, 0.25) is 5.91 Å². The van der Waals surface area contributed by atoms with Gasteiger partial charge in [-0.25, -0.2) is 4.79 Å². The fraction of sp³-hybridized carbons (Fsp3) is 0.526. The van der Waals surface area contributed by atoms with Gasteiger partial charge in [-0.05, 0) is 55.4 Å². The number of carboxylic acids is 1. The summed E-state index contributed by atoms with van der Waals surface area (Å²) in [6.45, 7) is 0. The van der Waals surface area contributed by atoms with Crippen LogP contribution >= 0.6 is 0 Å². The zero-order chi connectivity index (χ0) is 17.6. The quantitative estimate of drug-likeness (QED) is 0.864. The van der Waals surface area contributed by atoms with Crippen molar-refractivity contribution in [1.29, 1.82) is 0 Å². The molecule has 0 aromatic heterocycles. The number of anilines is 1. The van der Waals surface area contributed by atoms with Gasteiger partial charge in [0.05, 0.1) is 0 Å². The van der Waals surface area contributed by atoms with Crippen molar-refractivity contribution >= 4 is 23.5 Å². The lowest BCUT2D eigenvalue weighted by Crippen LogP contribution is -2.46. The Morgan fingerprint density at radius 1 is 1.16 bits per heavy atom. The zero-order valence-electron chi connectivity index (χ0n) is 14.0. The van der Waals surface area contributed by atoms with E-state index in [1.165, 1.54) is 0 Å². The van der Waals surface area contributed by atoms with Gasteiger partial charge in [0.15, 0.2) is 0 Å². The molecule has 1 saturated heterocycles. The van der Waals surface area contributed by atoms with Gasteiger partial charge >= 0.3 is 5.97 Å². The number of amides is 2. The predicted octanol–water partition coefficient (Wildman–Crippen LogP) is 2.43. The Labute approximate surface area is 146 Å². The minimum atomic E-state index is -0.909. The van der Waals surface area contributed by atoms with Crippen LogP contribution in [0.3, 0.4) is 0 Å². The molecule has 0 radical (unpaired) electrons. The van der Waals surface area contributed by atoms with Crippen molar-refractivity contribution in [3.63, 3.8) is 0 Å². The molecule has 2 fully saturated rings. The van der Waals surface area contributed by atoms with Crippen LogP contribution in [0.25, 0.3) is 0 Å². The molecule has 2 N–H and O–H groups in total. The molecule has 1 aliphatic carbocycles. The molecule has 1 saturated carbocycles. The third-order valence-electron chi connectivity index (χ3n) is 5.86. The molecule has 0 bridgehead atoms. The van der Waals surface area contributed by atoms with Gasteiger partial charge < -0.3 is 15.3 Å². The van der Waals surface area contributed by atoms with Crippen LogP contribution < -0.4 is 5.32 Å². The monoisotopic (exact) mass is 342 g/mol. The maximum Gasteiger partial charge on any atom is 0.326 e. The van der Waals surface area contributed by atoms with Crippen LogP contribution in [0, 0.1) is 5.92 Å². The van der Waals surface area contributed by atoms with Crippen LogP contribution in [-0.4, -0.2) is 39.9 Å². The lowest BCUT2D eigenvalue weighted by molar-refractivity contribution is -0.141. The fourth-order valence-electron chi connectivity index (χ4n) is 4.64. The number of carbonyl (C=O) groups excluding carboxylic acids is 2. The van der Waals surface area contributed by atoms with Gasteiger partial charge in [0.25, 0.3) is 5.91 Å². The molecule has 3 unspecified atom stereocenters. The molecule has 132 valence electrons. The number of aryl methyl sites for hydroxylation is 1. The lowest BCUT2D eigenvalue weighted by Gasteiger charge is -2.33. The number of aliphatic carboxylic acids is 1. The minimum absolute atomic E-state index is 0.0119. The third-order valence-corrected chi connectivity index (χ3v) is 5.86. The summed E-state index contributed by atoms with van der Waals surface area (Å²) in [5, 5.41) is 12.4. The number of benzene rings is 1. The SMILES string of the molecule is O=C1CCc2cc(C(=O)N3C(C(=O)O)CC4CCCCC43)ccc2N1. The molecule has 2 aliphatic heterocycles. The van der Waals surface area contributed by atoms with E-state index in [2.05, 4.69) is 5.32 Å². The van der Waals surface area contributed by atoms with Crippen molar-refractivity contribution in [1.82, 2.24) is 4.90 Å². The van der Waals surface area contributed by atoms with Crippen LogP contribution in [0.1, 0.15) is 54.4 Å². The highest BCUT2D eigenvalue weighted by atomic mass is 16.4. The summed E-state index contributed by atoms with van der Waals surface area (Å²) in [6.07, 6.45) is 5.65. The number of carboxylic acid groups (broad SMARTS) is 1. The summed E-state index contributed by atoms with van der Waals surface area (Å²) in [5.74, 6) is -0.813. The number of nitrogens with one attached hydrogen (secondary N) is 1. The van der Waals surface area contributed by atoms with E-state index in [-0.39, 0.29) is 17.9 Å². The highest BCUT2D eigenvalue weighted by molar-refractivity contribution is 5.99. The maximum absolute atomic E-state index is 13.1. The molecule has 2 heterocycles. The van der Waals surface area contributed by atoms with E-state index in [1.807, 2.05) is 6.07 Å². The highest BCUT2D eigenvalue weighted by Crippen LogP contribution is 2.40. The second-order valence-electron chi connectivity index (χ2n) is 7.33. The Kier molecular flexibility index (Phi) is 3.98. The molecular weight excluding hydrogens is 320 g/mol. The fourth-order valence-corrected chi connectivity index (χ4v) is 4.64. The first-order valence-corrected chi connectivity index (χ1v) is 9.03. The van der Waals surface area contributed by atoms with E-state index >= 15 is 0 Å². The Bertz CT molecular complexity index is 745. The van der Waals surface area contributed by atoms with Crippen LogP contribution in [-0.2, 0) is 16.0 Å². The van der Waals surface area contributed by atoms with E-state index in [0.717, 1.165) is 36.9 Å². The van der Waals surface area contributed by atoms with E-state index in [1.54, 1.807) is 17.0 Å². The summed E-state index contributed by atoms with van der Waals surface area (Å²) in [5.41, 5.74) is 2.21. The lowest BCUT2D eigenvalue weighted by atomic mass is 9.84. The Balaban J connectivity index is 1.64. The van der Waals surface area contributed by atoms with Gasteiger partial charge in [0.1, 0.15) is 6.04 Å². The molecule has 3 atom stereocenters. The van der Waals surface area contributed by atoms with Gasteiger partial charge in [-0.1, -0.05) is 12.8 Å². The van der Waals surface area contributed by atoms with E-state index in [4.69, 9.17) is 0 Å². The van der Waals surface area contributed by atoms with Gasteiger partial charge in [-0.2, -0.15) is 0 Å². The van der Waals surface area contributed by atoms with Crippen LogP contribution in [0.4, 0.5) is 5.69 Å². The number of hydrogen-bond acceptors (Lipinski definition) is 3. The second-order valence-corrected chi connectivity index (χ2v) is 7.33.